The summed E-state index contributed by atoms with van der Waals surface area (Å²) in [5.41, 5.74) is 14.1. The van der Waals surface area contributed by atoms with Gasteiger partial charge in [-0.2, -0.15) is 0 Å². The first-order chi connectivity index (χ1) is 18.5. The van der Waals surface area contributed by atoms with Crippen LogP contribution in [0.1, 0.15) is 48.1 Å². The number of halogens is 1. The number of rotatable bonds is 12. The number of hydrogen-bond acceptors (Lipinski definition) is 6. The normalized spacial score (nSPS) is 11.7. The molecule has 39 heavy (non-hydrogen) atoms. The number of aryl methyl sites for hydroxylation is 2. The first kappa shape index (κ1) is 33.0. The minimum atomic E-state index is -0.881. The van der Waals surface area contributed by atoms with Crippen molar-refractivity contribution in [2.24, 2.45) is 11.5 Å². The van der Waals surface area contributed by atoms with Crippen LogP contribution in [-0.4, -0.2) is 45.3 Å². The summed E-state index contributed by atoms with van der Waals surface area (Å²) >= 11 is 0. The van der Waals surface area contributed by atoms with Crippen molar-refractivity contribution in [3.05, 3.63) is 95.2 Å². The lowest BCUT2D eigenvalue weighted by Crippen LogP contribution is -2.26. The molecule has 2 aromatic carbocycles. The second kappa shape index (κ2) is 18.3. The molecule has 0 fully saturated rings. The third-order valence-electron chi connectivity index (χ3n) is 5.46. The number of carboxylic acid groups (broad SMARTS) is 3. The van der Waals surface area contributed by atoms with Gasteiger partial charge in [0.05, 0.1) is 19.1 Å². The number of aliphatic carboxylic acids is 3. The van der Waals surface area contributed by atoms with E-state index >= 15 is 0 Å². The summed E-state index contributed by atoms with van der Waals surface area (Å²) in [5.74, 6) is -2.09. The van der Waals surface area contributed by atoms with E-state index in [-0.39, 0.29) is 37.2 Å². The van der Waals surface area contributed by atoms with Crippen LogP contribution in [0.2, 0.25) is 0 Å². The average Bonchev–Trinajstić information content (AvgIpc) is 3.34. The van der Waals surface area contributed by atoms with E-state index in [4.69, 9.17) is 31.2 Å². The zero-order valence-corrected chi connectivity index (χ0v) is 22.0. The number of carbonyl (C=O) groups is 3. The van der Waals surface area contributed by atoms with Crippen LogP contribution in [-0.2, 0) is 33.6 Å². The van der Waals surface area contributed by atoms with Gasteiger partial charge < -0.3 is 31.2 Å². The van der Waals surface area contributed by atoms with E-state index in [0.29, 0.717) is 31.2 Å². The van der Waals surface area contributed by atoms with Crippen molar-refractivity contribution in [2.75, 3.05) is 0 Å². The number of nitrogens with two attached hydrogens (primary N) is 2. The Morgan fingerprint density at radius 3 is 1.87 bits per heavy atom. The molecule has 0 saturated carbocycles. The third-order valence-corrected chi connectivity index (χ3v) is 5.46. The van der Waals surface area contributed by atoms with Crippen molar-refractivity contribution < 1.29 is 38.5 Å². The minimum absolute atomic E-state index is 0.0222. The number of furan rings is 1. The standard InChI is InChI=1S/C11H15NO2.C10H11FO2.C8H11NO3/c1-8-4-2-3-5-9(8)6-10(12)7-11(13)14;11-9-6-2-1-4-8(9)5-3-7-10(12)13;9-6(5-8(10)11)4-7-2-1-3-12-7/h2-5,10H,6-7,12H2,1H3,(H,13,14);1-2,4,6H,3,5,7H2,(H,12,13);1-3,6H,4-5,9H2,(H,10,11)/t10-;;6-/m0.0/s1. The van der Waals surface area contributed by atoms with Gasteiger partial charge in [-0.25, -0.2) is 4.39 Å². The Balaban J connectivity index is 0.000000293. The zero-order valence-electron chi connectivity index (χ0n) is 22.0. The molecule has 3 aromatic rings. The maximum Gasteiger partial charge on any atom is 0.304 e. The Morgan fingerprint density at radius 2 is 1.36 bits per heavy atom. The predicted molar refractivity (Wildman–Crippen MR) is 145 cm³/mol. The van der Waals surface area contributed by atoms with Gasteiger partial charge in [0.2, 0.25) is 0 Å². The largest absolute Gasteiger partial charge is 0.481 e. The molecule has 0 bridgehead atoms. The predicted octanol–water partition coefficient (Wildman–Crippen LogP) is 4.20. The first-order valence-corrected chi connectivity index (χ1v) is 12.4. The summed E-state index contributed by atoms with van der Waals surface area (Å²) in [6.07, 6.45) is 3.69. The molecule has 0 aliphatic rings. The summed E-state index contributed by atoms with van der Waals surface area (Å²) in [6, 6.07) is 17.2. The number of hydrogen-bond donors (Lipinski definition) is 5. The zero-order chi connectivity index (χ0) is 29.2. The van der Waals surface area contributed by atoms with E-state index in [1.807, 2.05) is 31.2 Å². The summed E-state index contributed by atoms with van der Waals surface area (Å²) in [5, 5.41) is 25.3. The molecular formula is C29H37FN2O7. The topological polar surface area (TPSA) is 177 Å². The molecule has 1 aromatic heterocycles. The van der Waals surface area contributed by atoms with Gasteiger partial charge in [0.1, 0.15) is 11.6 Å². The van der Waals surface area contributed by atoms with Crippen LogP contribution in [0.25, 0.3) is 0 Å². The molecule has 9 nitrogen and oxygen atoms in total. The number of carboxylic acids is 3. The van der Waals surface area contributed by atoms with Gasteiger partial charge in [-0.3, -0.25) is 14.4 Å². The van der Waals surface area contributed by atoms with E-state index in [2.05, 4.69) is 0 Å². The molecule has 0 amide bonds. The smallest absolute Gasteiger partial charge is 0.304 e. The SMILES string of the molecule is Cc1ccccc1C[C@H](N)CC(=O)O.N[C@H](CC(=O)O)Cc1ccco1.O=C(O)CCCc1ccccc1F. The summed E-state index contributed by atoms with van der Waals surface area (Å²) in [4.78, 5) is 30.8. The van der Waals surface area contributed by atoms with E-state index in [9.17, 15) is 18.8 Å². The Bertz CT molecular complexity index is 1150. The molecule has 10 heteroatoms. The van der Waals surface area contributed by atoms with Crippen LogP contribution >= 0.6 is 0 Å². The lowest BCUT2D eigenvalue weighted by atomic mass is 10.00. The molecule has 0 saturated heterocycles. The molecule has 0 radical (unpaired) electrons. The number of benzene rings is 2. The quantitative estimate of drug-likeness (QED) is 0.224. The molecule has 2 atom stereocenters. The Labute approximate surface area is 227 Å². The van der Waals surface area contributed by atoms with E-state index in [0.717, 1.165) is 16.9 Å². The van der Waals surface area contributed by atoms with Gasteiger partial charge in [0.15, 0.2) is 0 Å². The van der Waals surface area contributed by atoms with Crippen molar-refractivity contribution in [3.8, 4) is 0 Å². The fourth-order valence-electron chi connectivity index (χ4n) is 3.53. The maximum absolute atomic E-state index is 13.0. The second-order valence-corrected chi connectivity index (χ2v) is 8.97. The van der Waals surface area contributed by atoms with E-state index < -0.39 is 17.9 Å². The van der Waals surface area contributed by atoms with Crippen LogP contribution < -0.4 is 11.5 Å². The van der Waals surface area contributed by atoms with Crippen LogP contribution in [0.15, 0.2) is 71.3 Å². The molecule has 0 spiro atoms. The lowest BCUT2D eigenvalue weighted by molar-refractivity contribution is -0.138. The maximum atomic E-state index is 13.0. The highest BCUT2D eigenvalue weighted by atomic mass is 19.1. The molecule has 0 aliphatic heterocycles. The highest BCUT2D eigenvalue weighted by molar-refractivity contribution is 5.68. The Kier molecular flexibility index (Phi) is 15.5. The highest BCUT2D eigenvalue weighted by Crippen LogP contribution is 2.11. The van der Waals surface area contributed by atoms with E-state index in [1.54, 1.807) is 36.6 Å². The van der Waals surface area contributed by atoms with Crippen molar-refractivity contribution >= 4 is 17.9 Å². The summed E-state index contributed by atoms with van der Waals surface area (Å²) in [6.45, 7) is 2.00. The van der Waals surface area contributed by atoms with Crippen molar-refractivity contribution in [1.29, 1.82) is 0 Å². The fraction of sp³-hybridized carbons (Fsp3) is 0.345. The molecule has 1 heterocycles. The second-order valence-electron chi connectivity index (χ2n) is 8.97. The minimum Gasteiger partial charge on any atom is -0.481 e. The Hall–Kier alpha value is -4.02. The molecule has 3 rings (SSSR count). The molecular weight excluding hydrogens is 507 g/mol. The summed E-state index contributed by atoms with van der Waals surface area (Å²) < 4.78 is 18.0. The van der Waals surface area contributed by atoms with Gasteiger partial charge in [-0.1, -0.05) is 42.5 Å². The van der Waals surface area contributed by atoms with Crippen molar-refractivity contribution in [3.63, 3.8) is 0 Å². The van der Waals surface area contributed by atoms with Crippen molar-refractivity contribution in [2.45, 2.75) is 64.0 Å². The van der Waals surface area contributed by atoms with Gasteiger partial charge in [-0.05, 0) is 61.1 Å². The molecule has 212 valence electrons. The Morgan fingerprint density at radius 1 is 0.795 bits per heavy atom. The van der Waals surface area contributed by atoms with Gasteiger partial charge in [0, 0.05) is 24.9 Å². The molecule has 0 unspecified atom stereocenters. The average molecular weight is 545 g/mol. The van der Waals surface area contributed by atoms with Crippen LogP contribution in [0, 0.1) is 12.7 Å². The van der Waals surface area contributed by atoms with Gasteiger partial charge in [-0.15, -0.1) is 0 Å². The summed E-state index contributed by atoms with van der Waals surface area (Å²) in [7, 11) is 0. The monoisotopic (exact) mass is 544 g/mol. The van der Waals surface area contributed by atoms with Crippen LogP contribution in [0.5, 0.6) is 0 Å². The first-order valence-electron chi connectivity index (χ1n) is 12.4. The lowest BCUT2D eigenvalue weighted by Gasteiger charge is -2.10. The van der Waals surface area contributed by atoms with Crippen LogP contribution in [0.4, 0.5) is 4.39 Å². The van der Waals surface area contributed by atoms with E-state index in [1.165, 1.54) is 6.07 Å². The van der Waals surface area contributed by atoms with Crippen molar-refractivity contribution in [1.82, 2.24) is 0 Å². The molecule has 0 aliphatic carbocycles. The van der Waals surface area contributed by atoms with Gasteiger partial charge in [0.25, 0.3) is 0 Å². The highest BCUT2D eigenvalue weighted by Gasteiger charge is 2.10. The van der Waals surface area contributed by atoms with Gasteiger partial charge >= 0.3 is 17.9 Å². The third kappa shape index (κ3) is 15.7. The fourth-order valence-corrected chi connectivity index (χ4v) is 3.53. The van der Waals surface area contributed by atoms with Crippen LogP contribution in [0.3, 0.4) is 0 Å². The molecule has 7 N–H and O–H groups in total.